The molecule has 2 aliphatic carbocycles. The summed E-state index contributed by atoms with van der Waals surface area (Å²) < 4.78 is 0. The highest BCUT2D eigenvalue weighted by Crippen LogP contribution is 2.59. The van der Waals surface area contributed by atoms with Crippen molar-refractivity contribution in [3.8, 4) is 0 Å². The molecule has 102 valence electrons. The molecule has 0 radical (unpaired) electrons. The minimum absolute atomic E-state index is 0.274. The van der Waals surface area contributed by atoms with E-state index in [1.165, 1.54) is 12.0 Å². The lowest BCUT2D eigenvalue weighted by Gasteiger charge is -2.14. The summed E-state index contributed by atoms with van der Waals surface area (Å²) >= 11 is 0. The van der Waals surface area contributed by atoms with Gasteiger partial charge in [-0.3, -0.25) is 0 Å². The van der Waals surface area contributed by atoms with Crippen molar-refractivity contribution in [1.29, 1.82) is 0 Å². The van der Waals surface area contributed by atoms with E-state index < -0.39 is 0 Å². The van der Waals surface area contributed by atoms with Crippen LogP contribution in [0.4, 0.5) is 0 Å². The highest BCUT2D eigenvalue weighted by atomic mass is 16.3. The van der Waals surface area contributed by atoms with Crippen molar-refractivity contribution < 1.29 is 5.11 Å². The van der Waals surface area contributed by atoms with Gasteiger partial charge in [-0.2, -0.15) is 0 Å². The summed E-state index contributed by atoms with van der Waals surface area (Å²) in [7, 11) is 0. The summed E-state index contributed by atoms with van der Waals surface area (Å²) in [6, 6.07) is 7.89. The molecule has 0 bridgehead atoms. The van der Waals surface area contributed by atoms with Crippen LogP contribution in [0.15, 0.2) is 66.8 Å². The Morgan fingerprint density at radius 1 is 1.35 bits per heavy atom. The van der Waals surface area contributed by atoms with Crippen molar-refractivity contribution in [1.82, 2.24) is 0 Å². The molecule has 3 rings (SSSR count). The third kappa shape index (κ3) is 2.49. The average Bonchev–Trinajstić information content (AvgIpc) is 3.12. The molecule has 1 fully saturated rings. The molecule has 0 spiro atoms. The number of hydrogen-bond donors (Lipinski definition) is 1. The van der Waals surface area contributed by atoms with E-state index in [0.29, 0.717) is 11.7 Å². The molecule has 0 aromatic heterocycles. The molecule has 0 heterocycles. The predicted octanol–water partition coefficient (Wildman–Crippen LogP) is 4.97. The molecule has 0 amide bonds. The van der Waals surface area contributed by atoms with Gasteiger partial charge in [0.2, 0.25) is 0 Å². The topological polar surface area (TPSA) is 20.2 Å². The van der Waals surface area contributed by atoms with Gasteiger partial charge in [0.15, 0.2) is 0 Å². The lowest BCUT2D eigenvalue weighted by Crippen LogP contribution is -2.02. The Labute approximate surface area is 120 Å². The first kappa shape index (κ1) is 13.0. The Bertz CT molecular complexity index is 616. The lowest BCUT2D eigenvalue weighted by atomic mass is 9.91. The van der Waals surface area contributed by atoms with Crippen LogP contribution in [0, 0.1) is 18.3 Å². The second kappa shape index (κ2) is 4.82. The number of aliphatic hydroxyl groups is 1. The van der Waals surface area contributed by atoms with Gasteiger partial charge in [-0.15, -0.1) is 0 Å². The van der Waals surface area contributed by atoms with Crippen molar-refractivity contribution in [2.75, 3.05) is 0 Å². The summed E-state index contributed by atoms with van der Waals surface area (Å²) in [5, 5.41) is 10.2. The van der Waals surface area contributed by atoms with Crippen molar-refractivity contribution in [2.45, 2.75) is 19.8 Å². The van der Waals surface area contributed by atoms with Crippen LogP contribution in [0.25, 0.3) is 5.76 Å². The third-order valence-corrected chi connectivity index (χ3v) is 4.31. The first-order valence-electron chi connectivity index (χ1n) is 7.11. The van der Waals surface area contributed by atoms with Crippen molar-refractivity contribution >= 4 is 5.76 Å². The summed E-state index contributed by atoms with van der Waals surface area (Å²) in [6.07, 6.45) is 12.8. The maximum absolute atomic E-state index is 10.2. The number of allylic oxidation sites excluding steroid dienone is 6. The molecule has 1 aromatic carbocycles. The van der Waals surface area contributed by atoms with Crippen LogP contribution in [0.2, 0.25) is 0 Å². The molecule has 2 atom stereocenters. The first-order valence-corrected chi connectivity index (χ1v) is 7.11. The average molecular weight is 264 g/mol. The molecule has 2 aliphatic rings. The molecule has 1 N–H and O–H groups in total. The fraction of sp³-hybridized carbons (Fsp3) is 0.263. The van der Waals surface area contributed by atoms with Crippen LogP contribution >= 0.6 is 0 Å². The summed E-state index contributed by atoms with van der Waals surface area (Å²) in [5.41, 5.74) is 3.31. The quantitative estimate of drug-likeness (QED) is 0.601. The Hall–Kier alpha value is -2.02. The molecule has 1 saturated carbocycles. The van der Waals surface area contributed by atoms with E-state index in [4.69, 9.17) is 0 Å². The van der Waals surface area contributed by atoms with Crippen molar-refractivity contribution in [3.63, 3.8) is 0 Å². The van der Waals surface area contributed by atoms with Crippen LogP contribution in [-0.4, -0.2) is 5.11 Å². The van der Waals surface area contributed by atoms with Crippen LogP contribution in [0.3, 0.4) is 0 Å². The largest absolute Gasteiger partial charge is 0.507 e. The van der Waals surface area contributed by atoms with Gasteiger partial charge in [0.05, 0.1) is 0 Å². The van der Waals surface area contributed by atoms with Gasteiger partial charge in [-0.1, -0.05) is 66.3 Å². The van der Waals surface area contributed by atoms with Gasteiger partial charge < -0.3 is 5.11 Å². The van der Waals surface area contributed by atoms with E-state index in [0.717, 1.165) is 17.6 Å². The molecule has 20 heavy (non-hydrogen) atoms. The Balaban J connectivity index is 1.69. The number of aryl methyl sites for hydroxylation is 1. The third-order valence-electron chi connectivity index (χ3n) is 4.31. The zero-order valence-corrected chi connectivity index (χ0v) is 11.8. The Morgan fingerprint density at radius 2 is 2.10 bits per heavy atom. The zero-order chi connectivity index (χ0) is 14.2. The van der Waals surface area contributed by atoms with Crippen LogP contribution in [0.1, 0.15) is 24.0 Å². The lowest BCUT2D eigenvalue weighted by molar-refractivity contribution is 0.510. The smallest absolute Gasteiger partial charge is 0.123 e. The van der Waals surface area contributed by atoms with Gasteiger partial charge in [0.1, 0.15) is 5.76 Å². The maximum Gasteiger partial charge on any atom is 0.123 e. The normalized spacial score (nSPS) is 27.2. The Kier molecular flexibility index (Phi) is 3.13. The van der Waals surface area contributed by atoms with Crippen LogP contribution in [0.5, 0.6) is 0 Å². The van der Waals surface area contributed by atoms with Gasteiger partial charge >= 0.3 is 0 Å². The molecule has 1 aromatic rings. The molecular formula is C19H20O. The maximum atomic E-state index is 10.2. The number of aliphatic hydroxyl groups excluding tert-OH is 1. The van der Waals surface area contributed by atoms with Gasteiger partial charge in [0, 0.05) is 5.56 Å². The van der Waals surface area contributed by atoms with E-state index in [1.54, 1.807) is 6.08 Å². The SMILES string of the molecule is C=C(/C=C(\O)c1ccc(C)cc1)CC12C=CC=CC1C2. The van der Waals surface area contributed by atoms with Gasteiger partial charge in [-0.25, -0.2) is 0 Å². The number of hydrogen-bond acceptors (Lipinski definition) is 1. The first-order chi connectivity index (χ1) is 9.59. The van der Waals surface area contributed by atoms with Crippen LogP contribution < -0.4 is 0 Å². The summed E-state index contributed by atoms with van der Waals surface area (Å²) in [4.78, 5) is 0. The fourth-order valence-corrected chi connectivity index (χ4v) is 2.98. The monoisotopic (exact) mass is 264 g/mol. The molecule has 2 unspecified atom stereocenters. The van der Waals surface area contributed by atoms with E-state index in [1.807, 2.05) is 31.2 Å². The molecular weight excluding hydrogens is 244 g/mol. The number of fused-ring (bicyclic) bond motifs is 1. The number of benzene rings is 1. The highest BCUT2D eigenvalue weighted by Gasteiger charge is 2.50. The standard InChI is InChI=1S/C19H20O/c1-14-6-8-16(9-7-14)18(20)11-15(2)12-19-10-4-3-5-17(19)13-19/h3-11,17,20H,2,12-13H2,1H3/b18-11-. The predicted molar refractivity (Wildman–Crippen MR) is 84.4 cm³/mol. The molecule has 1 nitrogen and oxygen atoms in total. The minimum atomic E-state index is 0.274. The van der Waals surface area contributed by atoms with Crippen LogP contribution in [-0.2, 0) is 0 Å². The van der Waals surface area contributed by atoms with Gasteiger partial charge in [-0.05, 0) is 37.2 Å². The van der Waals surface area contributed by atoms with E-state index >= 15 is 0 Å². The molecule has 0 saturated heterocycles. The molecule has 0 aliphatic heterocycles. The van der Waals surface area contributed by atoms with Crippen molar-refractivity contribution in [3.05, 3.63) is 77.9 Å². The van der Waals surface area contributed by atoms with Crippen molar-refractivity contribution in [2.24, 2.45) is 11.3 Å². The number of rotatable bonds is 4. The van der Waals surface area contributed by atoms with E-state index in [-0.39, 0.29) is 5.41 Å². The fourth-order valence-electron chi connectivity index (χ4n) is 2.98. The summed E-state index contributed by atoms with van der Waals surface area (Å²) in [6.45, 7) is 6.15. The minimum Gasteiger partial charge on any atom is -0.507 e. The van der Waals surface area contributed by atoms with E-state index in [9.17, 15) is 5.11 Å². The van der Waals surface area contributed by atoms with E-state index in [2.05, 4.69) is 30.9 Å². The second-order valence-corrected chi connectivity index (χ2v) is 6.02. The highest BCUT2D eigenvalue weighted by molar-refractivity contribution is 5.61. The zero-order valence-electron chi connectivity index (χ0n) is 11.8. The Morgan fingerprint density at radius 3 is 2.80 bits per heavy atom. The summed E-state index contributed by atoms with van der Waals surface area (Å²) in [5.74, 6) is 0.970. The van der Waals surface area contributed by atoms with Gasteiger partial charge in [0.25, 0.3) is 0 Å². The molecule has 1 heteroatoms. The second-order valence-electron chi connectivity index (χ2n) is 6.02.